The lowest BCUT2D eigenvalue weighted by atomic mass is 10.1. The third-order valence-corrected chi connectivity index (χ3v) is 5.63. The van der Waals surface area contributed by atoms with Crippen LogP contribution in [0.2, 0.25) is 0 Å². The second-order valence-corrected chi connectivity index (χ2v) is 8.08. The van der Waals surface area contributed by atoms with E-state index in [9.17, 15) is 13.2 Å². The fourth-order valence-electron chi connectivity index (χ4n) is 2.71. The van der Waals surface area contributed by atoms with Gasteiger partial charge in [-0.15, -0.1) is 0 Å². The highest BCUT2D eigenvalue weighted by atomic mass is 32.2. The Bertz CT molecular complexity index is 872. The number of carbonyl (C=O) groups is 1. The fourth-order valence-corrected chi connectivity index (χ4v) is 3.87. The van der Waals surface area contributed by atoms with Crippen molar-refractivity contribution in [2.24, 2.45) is 13.0 Å². The van der Waals surface area contributed by atoms with E-state index in [0.29, 0.717) is 31.9 Å². The molecule has 0 radical (unpaired) electrons. The number of aromatic nitrogens is 2. The van der Waals surface area contributed by atoms with Gasteiger partial charge in [0.05, 0.1) is 17.7 Å². The van der Waals surface area contributed by atoms with Crippen molar-refractivity contribution in [1.82, 2.24) is 19.8 Å². The number of amides is 1. The Balaban J connectivity index is 1.63. The van der Waals surface area contributed by atoms with Crippen molar-refractivity contribution in [2.75, 3.05) is 19.8 Å². The van der Waals surface area contributed by atoms with Crippen molar-refractivity contribution in [3.05, 3.63) is 47.8 Å². The van der Waals surface area contributed by atoms with Gasteiger partial charge in [0.1, 0.15) is 0 Å². The van der Waals surface area contributed by atoms with Gasteiger partial charge in [0, 0.05) is 44.1 Å². The van der Waals surface area contributed by atoms with E-state index in [0.717, 1.165) is 12.0 Å². The van der Waals surface area contributed by atoms with E-state index in [1.807, 2.05) is 0 Å². The van der Waals surface area contributed by atoms with Gasteiger partial charge in [0.25, 0.3) is 5.91 Å². The lowest BCUT2D eigenvalue weighted by Crippen LogP contribution is -2.30. The van der Waals surface area contributed by atoms with Gasteiger partial charge >= 0.3 is 0 Å². The maximum Gasteiger partial charge on any atom is 0.251 e. The first-order valence-electron chi connectivity index (χ1n) is 8.37. The third-order valence-electron chi connectivity index (χ3n) is 4.20. The molecule has 0 spiro atoms. The van der Waals surface area contributed by atoms with Crippen LogP contribution in [-0.2, 0) is 28.4 Å². The first-order valence-corrected chi connectivity index (χ1v) is 9.85. The normalized spacial score (nSPS) is 17.3. The Morgan fingerprint density at radius 3 is 2.96 bits per heavy atom. The lowest BCUT2D eigenvalue weighted by molar-refractivity contribution is 0.0950. The molecule has 1 aliphatic heterocycles. The van der Waals surface area contributed by atoms with E-state index in [-0.39, 0.29) is 16.7 Å². The van der Waals surface area contributed by atoms with Crippen molar-refractivity contribution in [3.63, 3.8) is 0 Å². The summed E-state index contributed by atoms with van der Waals surface area (Å²) in [6.07, 6.45) is 4.31. The number of ether oxygens (including phenoxy) is 1. The number of rotatable bonds is 7. The molecule has 1 aromatic carbocycles. The molecule has 1 atom stereocenters. The van der Waals surface area contributed by atoms with E-state index in [2.05, 4.69) is 15.1 Å². The molecule has 2 heterocycles. The minimum atomic E-state index is -3.67. The molecule has 2 N–H and O–H groups in total. The van der Waals surface area contributed by atoms with Crippen LogP contribution >= 0.6 is 0 Å². The van der Waals surface area contributed by atoms with Crippen molar-refractivity contribution in [1.29, 1.82) is 0 Å². The molecular weight excluding hydrogens is 356 g/mol. The maximum absolute atomic E-state index is 12.5. The van der Waals surface area contributed by atoms with Crippen LogP contribution < -0.4 is 10.0 Å². The number of nitrogens with one attached hydrogen (secondary N) is 2. The summed E-state index contributed by atoms with van der Waals surface area (Å²) in [5.41, 5.74) is 1.16. The van der Waals surface area contributed by atoms with Crippen molar-refractivity contribution in [2.45, 2.75) is 17.9 Å². The summed E-state index contributed by atoms with van der Waals surface area (Å²) >= 11 is 0. The van der Waals surface area contributed by atoms with E-state index >= 15 is 0 Å². The molecule has 3 rings (SSSR count). The molecule has 0 bridgehead atoms. The number of hydrogen-bond acceptors (Lipinski definition) is 5. The quantitative estimate of drug-likeness (QED) is 0.737. The molecule has 1 aliphatic rings. The molecule has 8 nitrogen and oxygen atoms in total. The minimum absolute atomic E-state index is 0.0745. The molecule has 1 saturated heterocycles. The molecule has 140 valence electrons. The zero-order valence-corrected chi connectivity index (χ0v) is 15.3. The van der Waals surface area contributed by atoms with Crippen LogP contribution in [0.25, 0.3) is 0 Å². The Kier molecular flexibility index (Phi) is 5.70. The zero-order valence-electron chi connectivity index (χ0n) is 14.5. The van der Waals surface area contributed by atoms with E-state index < -0.39 is 10.0 Å². The molecule has 2 aromatic rings. The smallest absolute Gasteiger partial charge is 0.251 e. The Labute approximate surface area is 152 Å². The fraction of sp³-hybridized carbons (Fsp3) is 0.412. The predicted molar refractivity (Wildman–Crippen MR) is 94.9 cm³/mol. The molecule has 1 fully saturated rings. The van der Waals surface area contributed by atoms with E-state index in [1.54, 1.807) is 36.3 Å². The first-order chi connectivity index (χ1) is 12.4. The molecule has 0 aliphatic carbocycles. The van der Waals surface area contributed by atoms with E-state index in [4.69, 9.17) is 4.74 Å². The zero-order chi connectivity index (χ0) is 18.6. The van der Waals surface area contributed by atoms with Gasteiger partial charge in [-0.1, -0.05) is 6.07 Å². The van der Waals surface area contributed by atoms with Gasteiger partial charge in [0.2, 0.25) is 10.0 Å². The molecule has 0 saturated carbocycles. The molecule has 1 amide bonds. The second-order valence-electron chi connectivity index (χ2n) is 6.31. The van der Waals surface area contributed by atoms with Gasteiger partial charge < -0.3 is 10.1 Å². The highest BCUT2D eigenvalue weighted by Gasteiger charge is 2.21. The summed E-state index contributed by atoms with van der Waals surface area (Å²) in [7, 11) is -1.87. The summed E-state index contributed by atoms with van der Waals surface area (Å²) < 4.78 is 34.4. The molecule has 9 heteroatoms. The van der Waals surface area contributed by atoms with Crippen molar-refractivity contribution < 1.29 is 17.9 Å². The van der Waals surface area contributed by atoms with Gasteiger partial charge in [0.15, 0.2) is 0 Å². The maximum atomic E-state index is 12.5. The molecular formula is C17H22N4O4S. The van der Waals surface area contributed by atoms with Crippen LogP contribution in [0.5, 0.6) is 0 Å². The summed E-state index contributed by atoms with van der Waals surface area (Å²) in [4.78, 5) is 12.4. The monoisotopic (exact) mass is 378 g/mol. The highest BCUT2D eigenvalue weighted by Crippen LogP contribution is 2.15. The SMILES string of the molecule is Cn1cc(CNC(=O)c2cccc(S(=O)(=O)NC[C@@H]3CCOC3)c2)cn1. The van der Waals surface area contributed by atoms with Crippen molar-refractivity contribution >= 4 is 15.9 Å². The summed E-state index contributed by atoms with van der Waals surface area (Å²) in [5, 5.41) is 6.80. The third kappa shape index (κ3) is 4.69. The van der Waals surface area contributed by atoms with Gasteiger partial charge in [-0.2, -0.15) is 5.10 Å². The molecule has 26 heavy (non-hydrogen) atoms. The highest BCUT2D eigenvalue weighted by molar-refractivity contribution is 7.89. The number of carbonyl (C=O) groups excluding carboxylic acids is 1. The number of aryl methyl sites for hydroxylation is 1. The predicted octanol–water partition coefficient (Wildman–Crippen LogP) is 0.665. The van der Waals surface area contributed by atoms with Gasteiger partial charge in [-0.05, 0) is 30.5 Å². The first kappa shape index (κ1) is 18.6. The minimum Gasteiger partial charge on any atom is -0.381 e. The Morgan fingerprint density at radius 2 is 2.27 bits per heavy atom. The topological polar surface area (TPSA) is 102 Å². The van der Waals surface area contributed by atoms with Crippen LogP contribution in [0.15, 0.2) is 41.6 Å². The standard InChI is InChI=1S/C17H22N4O4S/c1-21-11-14(9-19-21)8-18-17(22)15-3-2-4-16(7-15)26(23,24)20-10-13-5-6-25-12-13/h2-4,7,9,11,13,20H,5-6,8,10,12H2,1H3,(H,18,22)/t13-/m0/s1. The number of nitrogens with zero attached hydrogens (tertiary/aromatic N) is 2. The Morgan fingerprint density at radius 1 is 1.42 bits per heavy atom. The van der Waals surface area contributed by atoms with E-state index in [1.165, 1.54) is 12.1 Å². The van der Waals surface area contributed by atoms with Gasteiger partial charge in [-0.3, -0.25) is 9.48 Å². The van der Waals surface area contributed by atoms with Crippen LogP contribution in [0.3, 0.4) is 0 Å². The van der Waals surface area contributed by atoms with Crippen molar-refractivity contribution in [3.8, 4) is 0 Å². The van der Waals surface area contributed by atoms with Crippen LogP contribution in [0, 0.1) is 5.92 Å². The summed E-state index contributed by atoms with van der Waals surface area (Å²) in [6, 6.07) is 6.01. The number of sulfonamides is 1. The van der Waals surface area contributed by atoms with Crippen LogP contribution in [0.4, 0.5) is 0 Å². The average molecular weight is 378 g/mol. The Hall–Kier alpha value is -2.23. The average Bonchev–Trinajstić information content (AvgIpc) is 3.29. The molecule has 0 unspecified atom stereocenters. The second kappa shape index (κ2) is 7.98. The summed E-state index contributed by atoms with van der Waals surface area (Å²) in [6.45, 7) is 1.89. The van der Waals surface area contributed by atoms with Gasteiger partial charge in [-0.25, -0.2) is 13.1 Å². The number of benzene rings is 1. The van der Waals surface area contributed by atoms with Crippen LogP contribution in [0.1, 0.15) is 22.3 Å². The van der Waals surface area contributed by atoms with Crippen LogP contribution in [-0.4, -0.2) is 43.9 Å². The summed E-state index contributed by atoms with van der Waals surface area (Å²) in [5.74, 6) is -0.147. The molecule has 1 aromatic heterocycles. The number of hydrogen-bond donors (Lipinski definition) is 2. The largest absolute Gasteiger partial charge is 0.381 e. The lowest BCUT2D eigenvalue weighted by Gasteiger charge is -2.11.